The minimum Gasteiger partial charge on any atom is -0.384 e. The Kier molecular flexibility index (Phi) is 2.22. The SMILES string of the molecule is Nc1ccnn1-c1ccccc1I. The number of para-hydroxylation sites is 1. The van der Waals surface area contributed by atoms with Gasteiger partial charge in [-0.05, 0) is 34.7 Å². The van der Waals surface area contributed by atoms with E-state index in [1.165, 1.54) is 0 Å². The first-order valence-electron chi connectivity index (χ1n) is 3.83. The number of benzene rings is 1. The minimum atomic E-state index is 0.657. The molecule has 0 aliphatic carbocycles. The predicted molar refractivity (Wildman–Crippen MR) is 60.7 cm³/mol. The molecular formula is C9H8IN3. The standard InChI is InChI=1S/C9H8IN3/c10-7-3-1-2-4-8(7)13-9(11)5-6-12-13/h1-6H,11H2. The van der Waals surface area contributed by atoms with Crippen LogP contribution in [0.4, 0.5) is 5.82 Å². The van der Waals surface area contributed by atoms with E-state index in [-0.39, 0.29) is 0 Å². The van der Waals surface area contributed by atoms with Gasteiger partial charge in [0, 0.05) is 9.64 Å². The summed E-state index contributed by atoms with van der Waals surface area (Å²) >= 11 is 2.26. The highest BCUT2D eigenvalue weighted by Crippen LogP contribution is 2.18. The molecule has 0 spiro atoms. The first-order valence-corrected chi connectivity index (χ1v) is 4.91. The molecule has 13 heavy (non-hydrogen) atoms. The minimum absolute atomic E-state index is 0.657. The average Bonchev–Trinajstić information content (AvgIpc) is 2.52. The molecule has 0 radical (unpaired) electrons. The lowest BCUT2D eigenvalue weighted by atomic mass is 10.3. The molecule has 0 aliphatic heterocycles. The molecule has 66 valence electrons. The molecule has 0 saturated heterocycles. The molecule has 3 nitrogen and oxygen atoms in total. The van der Waals surface area contributed by atoms with Crippen molar-refractivity contribution >= 4 is 28.4 Å². The Labute approximate surface area is 89.7 Å². The van der Waals surface area contributed by atoms with Crippen LogP contribution in [0.3, 0.4) is 0 Å². The van der Waals surface area contributed by atoms with Crippen molar-refractivity contribution in [3.8, 4) is 5.69 Å². The second-order valence-corrected chi connectivity index (χ2v) is 3.78. The third kappa shape index (κ3) is 1.53. The van der Waals surface area contributed by atoms with Crippen molar-refractivity contribution in [1.29, 1.82) is 0 Å². The molecule has 0 atom stereocenters. The molecule has 0 fully saturated rings. The Morgan fingerprint density at radius 1 is 1.23 bits per heavy atom. The van der Waals surface area contributed by atoms with E-state index in [2.05, 4.69) is 27.7 Å². The zero-order valence-corrected chi connectivity index (χ0v) is 8.97. The maximum absolute atomic E-state index is 5.74. The summed E-state index contributed by atoms with van der Waals surface area (Å²) in [5, 5.41) is 4.13. The van der Waals surface area contributed by atoms with E-state index in [1.807, 2.05) is 24.3 Å². The molecule has 0 aliphatic rings. The molecule has 2 rings (SSSR count). The molecule has 1 aromatic heterocycles. The topological polar surface area (TPSA) is 43.8 Å². The van der Waals surface area contributed by atoms with Gasteiger partial charge < -0.3 is 5.73 Å². The van der Waals surface area contributed by atoms with Crippen molar-refractivity contribution in [2.45, 2.75) is 0 Å². The number of nitrogens with two attached hydrogens (primary N) is 1. The van der Waals surface area contributed by atoms with Gasteiger partial charge in [0.2, 0.25) is 0 Å². The van der Waals surface area contributed by atoms with Crippen LogP contribution in [-0.2, 0) is 0 Å². The van der Waals surface area contributed by atoms with Gasteiger partial charge in [-0.25, -0.2) is 4.68 Å². The second kappa shape index (κ2) is 3.37. The molecule has 0 unspecified atom stereocenters. The molecule has 1 heterocycles. The number of rotatable bonds is 1. The molecule has 0 saturated carbocycles. The predicted octanol–water partition coefficient (Wildman–Crippen LogP) is 2.06. The van der Waals surface area contributed by atoms with E-state index in [4.69, 9.17) is 5.73 Å². The Morgan fingerprint density at radius 2 is 2.00 bits per heavy atom. The normalized spacial score (nSPS) is 10.2. The number of hydrogen-bond acceptors (Lipinski definition) is 2. The molecule has 0 amide bonds. The van der Waals surface area contributed by atoms with Crippen molar-refractivity contribution in [1.82, 2.24) is 9.78 Å². The van der Waals surface area contributed by atoms with Crippen LogP contribution in [0.5, 0.6) is 0 Å². The molecular weight excluding hydrogens is 277 g/mol. The van der Waals surface area contributed by atoms with Gasteiger partial charge in [0.05, 0.1) is 11.9 Å². The van der Waals surface area contributed by atoms with Crippen molar-refractivity contribution in [2.24, 2.45) is 0 Å². The summed E-state index contributed by atoms with van der Waals surface area (Å²) < 4.78 is 2.86. The number of anilines is 1. The van der Waals surface area contributed by atoms with Gasteiger partial charge in [-0.2, -0.15) is 5.10 Å². The fourth-order valence-electron chi connectivity index (χ4n) is 1.14. The summed E-state index contributed by atoms with van der Waals surface area (Å²) in [4.78, 5) is 0. The van der Waals surface area contributed by atoms with Crippen LogP contribution in [-0.4, -0.2) is 9.78 Å². The van der Waals surface area contributed by atoms with Gasteiger partial charge in [0.15, 0.2) is 0 Å². The number of halogens is 1. The average molecular weight is 285 g/mol. The van der Waals surface area contributed by atoms with Gasteiger partial charge in [-0.1, -0.05) is 12.1 Å². The molecule has 2 N–H and O–H groups in total. The number of aromatic nitrogens is 2. The van der Waals surface area contributed by atoms with E-state index in [0.29, 0.717) is 5.82 Å². The first-order chi connectivity index (χ1) is 6.29. The van der Waals surface area contributed by atoms with Crippen LogP contribution in [0, 0.1) is 3.57 Å². The quantitative estimate of drug-likeness (QED) is 0.815. The highest BCUT2D eigenvalue weighted by atomic mass is 127. The largest absolute Gasteiger partial charge is 0.384 e. The van der Waals surface area contributed by atoms with E-state index in [0.717, 1.165) is 9.26 Å². The Morgan fingerprint density at radius 3 is 2.62 bits per heavy atom. The number of hydrogen-bond donors (Lipinski definition) is 1. The lowest BCUT2D eigenvalue weighted by Crippen LogP contribution is -2.02. The molecule has 4 heteroatoms. The van der Waals surface area contributed by atoms with Crippen LogP contribution >= 0.6 is 22.6 Å². The van der Waals surface area contributed by atoms with Gasteiger partial charge in [0.25, 0.3) is 0 Å². The lowest BCUT2D eigenvalue weighted by Gasteiger charge is -2.05. The van der Waals surface area contributed by atoms with E-state index in [1.54, 1.807) is 16.9 Å². The fourth-order valence-corrected chi connectivity index (χ4v) is 1.75. The zero-order chi connectivity index (χ0) is 9.26. The van der Waals surface area contributed by atoms with Crippen molar-refractivity contribution in [3.05, 3.63) is 40.1 Å². The van der Waals surface area contributed by atoms with Crippen LogP contribution in [0.15, 0.2) is 36.5 Å². The molecule has 1 aromatic carbocycles. The third-order valence-corrected chi connectivity index (χ3v) is 2.66. The highest BCUT2D eigenvalue weighted by molar-refractivity contribution is 14.1. The maximum Gasteiger partial charge on any atom is 0.127 e. The summed E-state index contributed by atoms with van der Waals surface area (Å²) in [7, 11) is 0. The first kappa shape index (κ1) is 8.55. The van der Waals surface area contributed by atoms with Gasteiger partial charge in [-0.3, -0.25) is 0 Å². The smallest absolute Gasteiger partial charge is 0.127 e. The summed E-state index contributed by atoms with van der Waals surface area (Å²) in [5.74, 6) is 0.657. The van der Waals surface area contributed by atoms with Crippen LogP contribution in [0.1, 0.15) is 0 Å². The van der Waals surface area contributed by atoms with Crippen LogP contribution in [0.2, 0.25) is 0 Å². The van der Waals surface area contributed by atoms with E-state index in [9.17, 15) is 0 Å². The Balaban J connectivity index is 2.59. The third-order valence-electron chi connectivity index (χ3n) is 1.75. The zero-order valence-electron chi connectivity index (χ0n) is 6.81. The van der Waals surface area contributed by atoms with Gasteiger partial charge in [0.1, 0.15) is 5.82 Å². The molecule has 0 bridgehead atoms. The highest BCUT2D eigenvalue weighted by Gasteiger charge is 2.03. The summed E-state index contributed by atoms with van der Waals surface area (Å²) in [6.07, 6.45) is 1.69. The van der Waals surface area contributed by atoms with E-state index < -0.39 is 0 Å². The Bertz CT molecular complexity index is 422. The van der Waals surface area contributed by atoms with Gasteiger partial charge >= 0.3 is 0 Å². The fraction of sp³-hybridized carbons (Fsp3) is 0. The molecule has 2 aromatic rings. The maximum atomic E-state index is 5.74. The number of nitrogen functional groups attached to an aromatic ring is 1. The lowest BCUT2D eigenvalue weighted by molar-refractivity contribution is 0.886. The van der Waals surface area contributed by atoms with Crippen molar-refractivity contribution in [3.63, 3.8) is 0 Å². The number of nitrogens with zero attached hydrogens (tertiary/aromatic N) is 2. The summed E-state index contributed by atoms with van der Waals surface area (Å²) in [5.41, 5.74) is 6.76. The van der Waals surface area contributed by atoms with Crippen molar-refractivity contribution in [2.75, 3.05) is 5.73 Å². The second-order valence-electron chi connectivity index (χ2n) is 2.62. The van der Waals surface area contributed by atoms with Gasteiger partial charge in [-0.15, -0.1) is 0 Å². The summed E-state index contributed by atoms with van der Waals surface area (Å²) in [6.45, 7) is 0. The van der Waals surface area contributed by atoms with E-state index >= 15 is 0 Å². The van der Waals surface area contributed by atoms with Crippen molar-refractivity contribution < 1.29 is 0 Å². The van der Waals surface area contributed by atoms with Crippen LogP contribution in [0.25, 0.3) is 5.69 Å². The summed E-state index contributed by atoms with van der Waals surface area (Å²) in [6, 6.07) is 9.76. The van der Waals surface area contributed by atoms with Crippen LogP contribution < -0.4 is 5.73 Å². The monoisotopic (exact) mass is 285 g/mol. The Hall–Kier alpha value is -1.04.